The molecule has 1 aliphatic heterocycles. The summed E-state index contributed by atoms with van der Waals surface area (Å²) in [6, 6.07) is 17.8. The number of fused-ring (bicyclic) bond motifs is 2. The monoisotopic (exact) mass is 465 g/mol. The van der Waals surface area contributed by atoms with Crippen molar-refractivity contribution in [2.75, 3.05) is 6.54 Å². The molecular weight excluding hydrogens is 446 g/mol. The number of hydrogen-bond donors (Lipinski definition) is 1. The Kier molecular flexibility index (Phi) is 6.11. The van der Waals surface area contributed by atoms with Crippen LogP contribution < -0.4 is 5.32 Å². The van der Waals surface area contributed by atoms with Gasteiger partial charge in [-0.15, -0.1) is 0 Å². The van der Waals surface area contributed by atoms with Crippen molar-refractivity contribution in [1.29, 1.82) is 0 Å². The number of carbonyl (C=O) groups excluding carboxylic acids is 1. The van der Waals surface area contributed by atoms with Gasteiger partial charge in [0.25, 0.3) is 5.91 Å². The molecule has 4 rings (SSSR count). The maximum Gasteiger partial charge on any atom is 0.251 e. The normalized spacial score (nSPS) is 12.4. The zero-order valence-corrected chi connectivity index (χ0v) is 18.4. The summed E-state index contributed by atoms with van der Waals surface area (Å²) in [5, 5.41) is 2.98. The van der Waals surface area contributed by atoms with E-state index in [2.05, 4.69) is 45.3 Å². The first-order valence-electron chi connectivity index (χ1n) is 9.56. The second-order valence-corrected chi connectivity index (χ2v) is 8.71. The molecule has 1 N–H and O–H groups in total. The number of aromatic nitrogens is 1. The molecule has 1 aliphatic rings. The first kappa shape index (κ1) is 19.9. The molecule has 0 saturated carbocycles. The van der Waals surface area contributed by atoms with Gasteiger partial charge in [0.1, 0.15) is 0 Å². The Labute approximate surface area is 183 Å². The van der Waals surface area contributed by atoms with E-state index in [0.29, 0.717) is 12.1 Å². The molecule has 6 heteroatoms. The Morgan fingerprint density at radius 1 is 1.10 bits per heavy atom. The number of amides is 1. The third-order valence-electron chi connectivity index (χ3n) is 4.60. The highest BCUT2D eigenvalue weighted by molar-refractivity contribution is 9.10. The molecule has 2 heterocycles. The van der Waals surface area contributed by atoms with Crippen molar-refractivity contribution >= 4 is 45.0 Å². The molecule has 1 aromatic heterocycles. The minimum Gasteiger partial charge on any atom is -0.352 e. The highest BCUT2D eigenvalue weighted by Crippen LogP contribution is 2.41. The Bertz CT molecular complexity index is 1080. The van der Waals surface area contributed by atoms with E-state index in [0.717, 1.165) is 49.8 Å². The van der Waals surface area contributed by atoms with Crippen molar-refractivity contribution in [3.05, 3.63) is 82.1 Å². The Morgan fingerprint density at radius 2 is 1.97 bits per heavy atom. The van der Waals surface area contributed by atoms with Crippen molar-refractivity contribution in [3.63, 3.8) is 0 Å². The smallest absolute Gasteiger partial charge is 0.251 e. The number of aliphatic imine (C=N–C) groups is 1. The molecule has 0 radical (unpaired) electrons. The lowest BCUT2D eigenvalue weighted by atomic mass is 10.1. The van der Waals surface area contributed by atoms with E-state index in [9.17, 15) is 4.79 Å². The van der Waals surface area contributed by atoms with E-state index in [4.69, 9.17) is 4.99 Å². The van der Waals surface area contributed by atoms with Crippen molar-refractivity contribution in [1.82, 2.24) is 10.3 Å². The molecule has 3 aromatic rings. The number of nitrogens with one attached hydrogen (secondary N) is 1. The van der Waals surface area contributed by atoms with E-state index >= 15 is 0 Å². The van der Waals surface area contributed by atoms with E-state index in [1.165, 1.54) is 0 Å². The lowest BCUT2D eigenvalue weighted by Crippen LogP contribution is -2.24. The van der Waals surface area contributed by atoms with Gasteiger partial charge in [0, 0.05) is 38.1 Å². The maximum atomic E-state index is 12.5. The van der Waals surface area contributed by atoms with Gasteiger partial charge >= 0.3 is 0 Å². The minimum atomic E-state index is -0.0634. The van der Waals surface area contributed by atoms with E-state index in [1.54, 1.807) is 18.0 Å². The molecule has 0 fully saturated rings. The Hall–Kier alpha value is -2.44. The molecule has 2 aromatic carbocycles. The zero-order valence-electron chi connectivity index (χ0n) is 16.0. The van der Waals surface area contributed by atoms with Crippen molar-refractivity contribution in [3.8, 4) is 0 Å². The third-order valence-corrected chi connectivity index (χ3v) is 6.21. The van der Waals surface area contributed by atoms with E-state index in [-0.39, 0.29) is 5.91 Å². The summed E-state index contributed by atoms with van der Waals surface area (Å²) in [4.78, 5) is 24.2. The molecule has 0 saturated heterocycles. The topological polar surface area (TPSA) is 54.4 Å². The Morgan fingerprint density at radius 3 is 2.76 bits per heavy atom. The molecule has 146 valence electrons. The number of hydrogen-bond acceptors (Lipinski definition) is 4. The van der Waals surface area contributed by atoms with Crippen LogP contribution in [0.4, 0.5) is 5.69 Å². The average molecular weight is 466 g/mol. The van der Waals surface area contributed by atoms with Crippen LogP contribution in [0.3, 0.4) is 0 Å². The van der Waals surface area contributed by atoms with E-state index in [1.807, 2.05) is 42.5 Å². The predicted molar refractivity (Wildman–Crippen MR) is 121 cm³/mol. The van der Waals surface area contributed by atoms with Gasteiger partial charge in [-0.05, 0) is 58.7 Å². The molecule has 0 spiro atoms. The van der Waals surface area contributed by atoms with Gasteiger partial charge in [-0.3, -0.25) is 9.78 Å². The van der Waals surface area contributed by atoms with Crippen LogP contribution in [0, 0.1) is 0 Å². The van der Waals surface area contributed by atoms with Gasteiger partial charge in [0.15, 0.2) is 0 Å². The lowest BCUT2D eigenvalue weighted by Gasteiger charge is -2.08. The highest BCUT2D eigenvalue weighted by atomic mass is 79.9. The van der Waals surface area contributed by atoms with Crippen LogP contribution in [0.25, 0.3) is 0 Å². The molecule has 1 amide bonds. The van der Waals surface area contributed by atoms with Crippen LogP contribution in [-0.4, -0.2) is 23.1 Å². The zero-order chi connectivity index (χ0) is 20.2. The molecule has 0 atom stereocenters. The second-order valence-electron chi connectivity index (χ2n) is 6.71. The number of halogens is 1. The third kappa shape index (κ3) is 4.43. The Balaban J connectivity index is 1.78. The van der Waals surface area contributed by atoms with Gasteiger partial charge in [-0.2, -0.15) is 0 Å². The maximum absolute atomic E-state index is 12.5. The fourth-order valence-electron chi connectivity index (χ4n) is 3.07. The van der Waals surface area contributed by atoms with Gasteiger partial charge < -0.3 is 5.32 Å². The number of carbonyl (C=O) groups is 1. The van der Waals surface area contributed by atoms with Crippen LogP contribution in [0.2, 0.25) is 0 Å². The number of pyridine rings is 1. The number of nitrogens with zero attached hydrogens (tertiary/aromatic N) is 2. The number of unbranched alkanes of at least 4 members (excludes halogenated alkanes) is 1. The second kappa shape index (κ2) is 8.93. The summed E-state index contributed by atoms with van der Waals surface area (Å²) >= 11 is 5.11. The average Bonchev–Trinajstić information content (AvgIpc) is 2.90. The molecule has 29 heavy (non-hydrogen) atoms. The van der Waals surface area contributed by atoms with Crippen LogP contribution in [0.1, 0.15) is 41.4 Å². The first-order valence-corrected chi connectivity index (χ1v) is 11.2. The lowest BCUT2D eigenvalue weighted by molar-refractivity contribution is 0.0953. The van der Waals surface area contributed by atoms with Crippen LogP contribution >= 0.6 is 27.7 Å². The van der Waals surface area contributed by atoms with Gasteiger partial charge in [-0.1, -0.05) is 43.3 Å². The molecular formula is C23H20BrN3OS. The summed E-state index contributed by atoms with van der Waals surface area (Å²) in [7, 11) is 0. The van der Waals surface area contributed by atoms with Crippen molar-refractivity contribution in [2.24, 2.45) is 4.99 Å². The fraction of sp³-hybridized carbons (Fsp3) is 0.174. The molecule has 4 nitrogen and oxygen atoms in total. The SMILES string of the molecule is CCCCNC(=O)c1ccc2c(c1)N=C(c1ccc(Br)cn1)c1ccccc1S2. The van der Waals surface area contributed by atoms with E-state index < -0.39 is 0 Å². The van der Waals surface area contributed by atoms with Crippen LogP contribution in [-0.2, 0) is 0 Å². The molecule has 0 aliphatic carbocycles. The largest absolute Gasteiger partial charge is 0.352 e. The van der Waals surface area contributed by atoms with Gasteiger partial charge in [-0.25, -0.2) is 4.99 Å². The number of benzene rings is 2. The number of rotatable bonds is 5. The first-order chi connectivity index (χ1) is 14.2. The quantitative estimate of drug-likeness (QED) is 0.367. The van der Waals surface area contributed by atoms with Crippen LogP contribution in [0.15, 0.2) is 80.1 Å². The minimum absolute atomic E-state index is 0.0634. The summed E-state index contributed by atoms with van der Waals surface area (Å²) in [6.07, 6.45) is 3.80. The van der Waals surface area contributed by atoms with Gasteiger partial charge in [0.2, 0.25) is 0 Å². The van der Waals surface area contributed by atoms with Crippen molar-refractivity contribution in [2.45, 2.75) is 29.6 Å². The highest BCUT2D eigenvalue weighted by Gasteiger charge is 2.20. The predicted octanol–water partition coefficient (Wildman–Crippen LogP) is 6.01. The molecule has 0 bridgehead atoms. The van der Waals surface area contributed by atoms with Gasteiger partial charge in [0.05, 0.1) is 17.1 Å². The summed E-state index contributed by atoms with van der Waals surface area (Å²) in [6.45, 7) is 2.79. The molecule has 0 unspecified atom stereocenters. The summed E-state index contributed by atoms with van der Waals surface area (Å²) in [5.74, 6) is -0.0634. The fourth-order valence-corrected chi connectivity index (χ4v) is 4.31. The standard InChI is InChI=1S/C23H20BrN3OS/c1-2-3-12-25-23(28)15-8-11-21-19(13-15)27-22(18-10-9-16(24)14-26-18)17-6-4-5-7-20(17)29-21/h4-11,13-14H,2-3,12H2,1H3,(H,25,28). The summed E-state index contributed by atoms with van der Waals surface area (Å²) in [5.41, 5.74) is 4.06. The summed E-state index contributed by atoms with van der Waals surface area (Å²) < 4.78 is 0.921. The van der Waals surface area contributed by atoms with Crippen LogP contribution in [0.5, 0.6) is 0 Å². The van der Waals surface area contributed by atoms with Crippen molar-refractivity contribution < 1.29 is 4.79 Å².